The van der Waals surface area contributed by atoms with Crippen LogP contribution in [0.3, 0.4) is 0 Å². The van der Waals surface area contributed by atoms with Gasteiger partial charge < -0.3 is 15.7 Å². The highest BCUT2D eigenvalue weighted by Gasteiger charge is 2.09. The topological polar surface area (TPSA) is 61.4 Å². The summed E-state index contributed by atoms with van der Waals surface area (Å²) in [6.45, 7) is 0.0889. The van der Waals surface area contributed by atoms with E-state index in [4.69, 9.17) is 0 Å². The number of hydrogen-bond donors (Lipinski definition) is 3. The Morgan fingerprint density at radius 2 is 1.82 bits per heavy atom. The third-order valence-corrected chi connectivity index (χ3v) is 3.80. The SMILES string of the molecule is CSc1ccc(C(O)CNC(=O)Nc2ccc(F)cc2)cc1. The van der Waals surface area contributed by atoms with Crippen LogP contribution < -0.4 is 10.6 Å². The Kier molecular flexibility index (Phi) is 5.80. The summed E-state index contributed by atoms with van der Waals surface area (Å²) < 4.78 is 12.8. The second-order valence-electron chi connectivity index (χ2n) is 4.63. The quantitative estimate of drug-likeness (QED) is 0.740. The highest BCUT2D eigenvalue weighted by molar-refractivity contribution is 7.98. The van der Waals surface area contributed by atoms with Gasteiger partial charge in [0.1, 0.15) is 5.82 Å². The summed E-state index contributed by atoms with van der Waals surface area (Å²) in [6.07, 6.45) is 1.20. The molecule has 2 rings (SSSR count). The van der Waals surface area contributed by atoms with Crippen molar-refractivity contribution in [3.63, 3.8) is 0 Å². The van der Waals surface area contributed by atoms with Crippen LogP contribution in [0.4, 0.5) is 14.9 Å². The normalized spacial score (nSPS) is 11.8. The first kappa shape index (κ1) is 16.3. The third kappa shape index (κ3) is 4.75. The first-order valence-electron chi connectivity index (χ1n) is 6.71. The molecular weight excluding hydrogens is 303 g/mol. The molecule has 0 saturated carbocycles. The Morgan fingerprint density at radius 3 is 2.41 bits per heavy atom. The van der Waals surface area contributed by atoms with Gasteiger partial charge >= 0.3 is 6.03 Å². The van der Waals surface area contributed by atoms with Gasteiger partial charge in [-0.05, 0) is 48.2 Å². The number of anilines is 1. The van der Waals surface area contributed by atoms with Crippen LogP contribution in [-0.4, -0.2) is 23.9 Å². The number of thioether (sulfide) groups is 1. The first-order valence-corrected chi connectivity index (χ1v) is 7.93. The van der Waals surface area contributed by atoms with Crippen LogP contribution >= 0.6 is 11.8 Å². The maximum absolute atomic E-state index is 12.8. The van der Waals surface area contributed by atoms with E-state index < -0.39 is 12.1 Å². The molecule has 0 saturated heterocycles. The van der Waals surface area contributed by atoms with E-state index in [0.717, 1.165) is 10.5 Å². The van der Waals surface area contributed by atoms with Gasteiger partial charge in [0.25, 0.3) is 0 Å². The minimum atomic E-state index is -0.783. The van der Waals surface area contributed by atoms with E-state index in [2.05, 4.69) is 10.6 Å². The van der Waals surface area contributed by atoms with Gasteiger partial charge in [-0.15, -0.1) is 11.8 Å². The van der Waals surface area contributed by atoms with Gasteiger partial charge in [-0.1, -0.05) is 12.1 Å². The predicted molar refractivity (Wildman–Crippen MR) is 86.6 cm³/mol. The highest BCUT2D eigenvalue weighted by atomic mass is 32.2. The molecule has 6 heteroatoms. The Labute approximate surface area is 132 Å². The molecule has 2 amide bonds. The molecule has 0 spiro atoms. The summed E-state index contributed by atoms with van der Waals surface area (Å²) in [5.74, 6) is -0.366. The summed E-state index contributed by atoms with van der Waals surface area (Å²) >= 11 is 1.62. The number of nitrogens with one attached hydrogen (secondary N) is 2. The third-order valence-electron chi connectivity index (χ3n) is 3.06. The van der Waals surface area contributed by atoms with Gasteiger partial charge in [-0.25, -0.2) is 9.18 Å². The lowest BCUT2D eigenvalue weighted by atomic mass is 10.1. The molecule has 2 aromatic carbocycles. The zero-order valence-electron chi connectivity index (χ0n) is 12.0. The van der Waals surface area contributed by atoms with E-state index in [1.165, 1.54) is 24.3 Å². The molecule has 0 aromatic heterocycles. The molecule has 3 N–H and O–H groups in total. The van der Waals surface area contributed by atoms with Crippen molar-refractivity contribution in [2.75, 3.05) is 18.1 Å². The maximum Gasteiger partial charge on any atom is 0.319 e. The number of hydrogen-bond acceptors (Lipinski definition) is 3. The summed E-state index contributed by atoms with van der Waals surface area (Å²) in [7, 11) is 0. The first-order chi connectivity index (χ1) is 10.6. The van der Waals surface area contributed by atoms with Crippen LogP contribution in [0.1, 0.15) is 11.7 Å². The Bertz CT molecular complexity index is 617. The van der Waals surface area contributed by atoms with Crippen molar-refractivity contribution < 1.29 is 14.3 Å². The van der Waals surface area contributed by atoms with Crippen LogP contribution in [0.5, 0.6) is 0 Å². The monoisotopic (exact) mass is 320 g/mol. The molecule has 0 aliphatic rings. The van der Waals surface area contributed by atoms with Crippen molar-refractivity contribution in [2.45, 2.75) is 11.0 Å². The number of rotatable bonds is 5. The van der Waals surface area contributed by atoms with Crippen LogP contribution in [0.25, 0.3) is 0 Å². The largest absolute Gasteiger partial charge is 0.387 e. The van der Waals surface area contributed by atoms with Gasteiger partial charge in [-0.3, -0.25) is 0 Å². The van der Waals surface area contributed by atoms with Crippen molar-refractivity contribution in [1.82, 2.24) is 5.32 Å². The van der Waals surface area contributed by atoms with Gasteiger partial charge in [0.05, 0.1) is 6.10 Å². The number of aliphatic hydroxyl groups excluding tert-OH is 1. The number of carbonyl (C=O) groups excluding carboxylic acids is 1. The molecule has 22 heavy (non-hydrogen) atoms. The number of aliphatic hydroxyl groups is 1. The van der Waals surface area contributed by atoms with E-state index in [9.17, 15) is 14.3 Å². The van der Waals surface area contributed by atoms with Crippen LogP contribution in [0.2, 0.25) is 0 Å². The summed E-state index contributed by atoms with van der Waals surface area (Å²) in [6, 6.07) is 12.5. The number of carbonyl (C=O) groups is 1. The van der Waals surface area contributed by atoms with Crippen molar-refractivity contribution in [3.05, 3.63) is 59.9 Å². The number of urea groups is 1. The fourth-order valence-corrected chi connectivity index (χ4v) is 2.25. The smallest absolute Gasteiger partial charge is 0.319 e. The van der Waals surface area contributed by atoms with Gasteiger partial charge in [0.15, 0.2) is 0 Å². The van der Waals surface area contributed by atoms with Gasteiger partial charge in [0, 0.05) is 17.1 Å². The van der Waals surface area contributed by atoms with E-state index in [1.807, 2.05) is 30.5 Å². The molecule has 1 unspecified atom stereocenters. The lowest BCUT2D eigenvalue weighted by molar-refractivity contribution is 0.175. The average Bonchev–Trinajstić information content (AvgIpc) is 2.55. The zero-order chi connectivity index (χ0) is 15.9. The van der Waals surface area contributed by atoms with Gasteiger partial charge in [-0.2, -0.15) is 0 Å². The van der Waals surface area contributed by atoms with Crippen LogP contribution in [0, 0.1) is 5.82 Å². The maximum atomic E-state index is 12.8. The van der Waals surface area contributed by atoms with Gasteiger partial charge in [0.2, 0.25) is 0 Å². The minimum Gasteiger partial charge on any atom is -0.387 e. The van der Waals surface area contributed by atoms with E-state index >= 15 is 0 Å². The minimum absolute atomic E-state index is 0.0889. The molecule has 0 aliphatic heterocycles. The van der Waals surface area contributed by atoms with Crippen molar-refractivity contribution >= 4 is 23.5 Å². The fourth-order valence-electron chi connectivity index (χ4n) is 1.84. The van der Waals surface area contributed by atoms with E-state index in [0.29, 0.717) is 5.69 Å². The Hall–Kier alpha value is -2.05. The molecular formula is C16H17FN2O2S. The van der Waals surface area contributed by atoms with Crippen molar-refractivity contribution in [2.24, 2.45) is 0 Å². The lowest BCUT2D eigenvalue weighted by Gasteiger charge is -2.13. The molecule has 2 aromatic rings. The average molecular weight is 320 g/mol. The van der Waals surface area contributed by atoms with Crippen molar-refractivity contribution in [3.8, 4) is 0 Å². The molecule has 116 valence electrons. The second-order valence-corrected chi connectivity index (χ2v) is 5.51. The zero-order valence-corrected chi connectivity index (χ0v) is 12.9. The molecule has 0 aliphatic carbocycles. The standard InChI is InChI=1S/C16H17FN2O2S/c1-22-14-8-2-11(3-9-14)15(20)10-18-16(21)19-13-6-4-12(17)5-7-13/h2-9,15,20H,10H2,1H3,(H2,18,19,21). The summed E-state index contributed by atoms with van der Waals surface area (Å²) in [5.41, 5.74) is 1.22. The van der Waals surface area contributed by atoms with E-state index in [1.54, 1.807) is 11.8 Å². The fraction of sp³-hybridized carbons (Fsp3) is 0.188. The summed E-state index contributed by atoms with van der Waals surface area (Å²) in [4.78, 5) is 12.8. The predicted octanol–water partition coefficient (Wildman–Crippen LogP) is 3.40. The number of halogens is 1. The Morgan fingerprint density at radius 1 is 1.18 bits per heavy atom. The molecule has 1 atom stereocenters. The van der Waals surface area contributed by atoms with E-state index in [-0.39, 0.29) is 12.4 Å². The highest BCUT2D eigenvalue weighted by Crippen LogP contribution is 2.18. The Balaban J connectivity index is 1.83. The molecule has 0 bridgehead atoms. The molecule has 0 heterocycles. The number of benzene rings is 2. The number of amides is 2. The van der Waals surface area contributed by atoms with Crippen molar-refractivity contribution in [1.29, 1.82) is 0 Å². The van der Waals surface area contributed by atoms with Crippen LogP contribution in [-0.2, 0) is 0 Å². The van der Waals surface area contributed by atoms with Crippen LogP contribution in [0.15, 0.2) is 53.4 Å². The summed E-state index contributed by atoms with van der Waals surface area (Å²) in [5, 5.41) is 15.2. The molecule has 0 radical (unpaired) electrons. The second kappa shape index (κ2) is 7.82. The molecule has 4 nitrogen and oxygen atoms in total. The molecule has 0 fully saturated rings. The lowest BCUT2D eigenvalue weighted by Crippen LogP contribution is -2.32.